The molecule has 4 aromatic heterocycles. The van der Waals surface area contributed by atoms with Crippen LogP contribution < -0.4 is 35.8 Å². The van der Waals surface area contributed by atoms with Crippen LogP contribution in [-0.2, 0) is 54.3 Å². The number of carbonyl (C=O) groups is 8. The molecule has 0 saturated carbocycles. The number of hydrogen-bond donors (Lipinski definition) is 5. The lowest BCUT2D eigenvalue weighted by atomic mass is 10.0. The van der Waals surface area contributed by atoms with Gasteiger partial charge in [-0.3, -0.25) is 38.6 Å². The minimum atomic E-state index is -0.753. The van der Waals surface area contributed by atoms with Gasteiger partial charge in [0.15, 0.2) is 11.5 Å². The van der Waals surface area contributed by atoms with E-state index >= 15 is 0 Å². The molecule has 0 aliphatic rings. The van der Waals surface area contributed by atoms with Crippen molar-refractivity contribution in [3.63, 3.8) is 0 Å². The Morgan fingerprint density at radius 1 is 0.536 bits per heavy atom. The number of pyridine rings is 2. The molecule has 0 aliphatic heterocycles. The fraction of sp³-hybridized carbons (Fsp3) is 0.408. The maximum Gasteiger partial charge on any atom is 0.416 e. The molecule has 518 valence electrons. The average molecular weight is 1340 g/mol. The van der Waals surface area contributed by atoms with Crippen LogP contribution in [0.3, 0.4) is 0 Å². The molecule has 97 heavy (non-hydrogen) atoms. The van der Waals surface area contributed by atoms with E-state index < -0.39 is 59.2 Å². The van der Waals surface area contributed by atoms with Crippen LogP contribution in [0.15, 0.2) is 116 Å². The first-order valence-electron chi connectivity index (χ1n) is 31.7. The molecule has 0 aliphatic carbocycles. The number of methoxy groups -OCH3 is 2. The van der Waals surface area contributed by atoms with E-state index in [9.17, 15) is 43.5 Å². The van der Waals surface area contributed by atoms with Gasteiger partial charge in [0.25, 0.3) is 0 Å². The number of esters is 2. The molecule has 4 heterocycles. The van der Waals surface area contributed by atoms with Gasteiger partial charge in [-0.25, -0.2) is 28.9 Å². The Labute approximate surface area is 565 Å². The number of carbonyl (C=O) groups excluding carboxylic acids is 8. The fourth-order valence-electron chi connectivity index (χ4n) is 9.84. The second kappa shape index (κ2) is 35.2. The molecule has 2 atom stereocenters. The highest BCUT2D eigenvalue weighted by Crippen LogP contribution is 2.30. The van der Waals surface area contributed by atoms with Crippen molar-refractivity contribution in [3.05, 3.63) is 166 Å². The van der Waals surface area contributed by atoms with E-state index in [1.54, 1.807) is 120 Å². The Morgan fingerprint density at radius 2 is 0.969 bits per heavy atom. The molecule has 0 radical (unpaired) electrons. The van der Waals surface area contributed by atoms with Gasteiger partial charge >= 0.3 is 24.1 Å². The normalized spacial score (nSPS) is 11.7. The lowest BCUT2D eigenvalue weighted by Crippen LogP contribution is -2.40. The third-order valence-corrected chi connectivity index (χ3v) is 14.7. The van der Waals surface area contributed by atoms with Crippen LogP contribution in [0.1, 0.15) is 143 Å². The molecule has 26 nitrogen and oxygen atoms in total. The van der Waals surface area contributed by atoms with Crippen LogP contribution in [0.2, 0.25) is 0 Å². The van der Waals surface area contributed by atoms with Crippen molar-refractivity contribution in [1.82, 2.24) is 50.8 Å². The standard InChI is InChI=1S/C39H48N6O7.C32H42N6O7/c1-26-18-19-40-33(21-26)44(38(49)52-39(4,5)6)20-12-17-34(46)41-24-35(47)42-32(23-36(48)50-7)30-15-11-16-31(22-30)45-28(3)37(27(2)43-45)51-25-29-13-9-8-10-14-29;1-20-13-14-33-26(16-20)37(31(43)45-32(4,5)6)15-9-12-27(39)34-19-28(40)35-25(18-29(41)44-7)23-10-8-11-24(17-23)38-22(3)30(42)21(2)36-38/h8-11,13-16,18-19,21-22,32H,12,17,20,23-25H2,1-7H3,(H,41,46)(H,42,47);8,10-11,13-14,16-17,25,42H,9,12,15,18-19H2,1-7H3,(H,34,39)(H,35,40)/t32-;25-/m00/s1. The summed E-state index contributed by atoms with van der Waals surface area (Å²) in [5, 5.41) is 30.1. The largest absolute Gasteiger partial charge is 0.504 e. The Hall–Kier alpha value is -10.7. The van der Waals surface area contributed by atoms with Gasteiger partial charge in [-0.2, -0.15) is 10.2 Å². The fourth-order valence-corrected chi connectivity index (χ4v) is 9.84. The number of anilines is 2. The van der Waals surface area contributed by atoms with Crippen molar-refractivity contribution in [3.8, 4) is 22.9 Å². The van der Waals surface area contributed by atoms with Crippen molar-refractivity contribution < 1.29 is 67.1 Å². The van der Waals surface area contributed by atoms with Crippen LogP contribution >= 0.6 is 0 Å². The van der Waals surface area contributed by atoms with Gasteiger partial charge in [-0.15, -0.1) is 0 Å². The highest BCUT2D eigenvalue weighted by Gasteiger charge is 2.28. The zero-order chi connectivity index (χ0) is 71.1. The molecule has 0 saturated heterocycles. The Kier molecular flexibility index (Phi) is 27.3. The molecule has 7 rings (SSSR count). The van der Waals surface area contributed by atoms with Gasteiger partial charge in [-0.05, 0) is 172 Å². The van der Waals surface area contributed by atoms with E-state index in [0.29, 0.717) is 70.7 Å². The molecule has 0 spiro atoms. The van der Waals surface area contributed by atoms with Crippen LogP contribution in [0.4, 0.5) is 21.2 Å². The van der Waals surface area contributed by atoms with Gasteiger partial charge < -0.3 is 50.1 Å². The second-order valence-corrected chi connectivity index (χ2v) is 25.0. The molecular weight excluding hydrogens is 1240 g/mol. The van der Waals surface area contributed by atoms with Crippen LogP contribution in [0.25, 0.3) is 11.4 Å². The zero-order valence-electron chi connectivity index (χ0n) is 57.7. The summed E-state index contributed by atoms with van der Waals surface area (Å²) in [6.07, 6.45) is 2.47. The van der Waals surface area contributed by atoms with Crippen molar-refractivity contribution in [1.29, 1.82) is 0 Å². The van der Waals surface area contributed by atoms with Gasteiger partial charge in [0, 0.05) is 38.3 Å². The van der Waals surface area contributed by atoms with Gasteiger partial charge in [0.2, 0.25) is 23.6 Å². The van der Waals surface area contributed by atoms with E-state index in [0.717, 1.165) is 28.1 Å². The first-order valence-corrected chi connectivity index (χ1v) is 31.7. The number of benzene rings is 3. The van der Waals surface area contributed by atoms with Gasteiger partial charge in [-0.1, -0.05) is 54.6 Å². The summed E-state index contributed by atoms with van der Waals surface area (Å²) < 4.78 is 30.3. The number of ether oxygens (including phenoxy) is 5. The molecule has 0 fully saturated rings. The van der Waals surface area contributed by atoms with E-state index in [4.69, 9.17) is 28.8 Å². The highest BCUT2D eigenvalue weighted by atomic mass is 16.6. The third-order valence-electron chi connectivity index (χ3n) is 14.7. The number of nitrogens with one attached hydrogen (secondary N) is 4. The number of aryl methyl sites for hydroxylation is 4. The summed E-state index contributed by atoms with van der Waals surface area (Å²) in [6.45, 7) is 21.7. The van der Waals surface area contributed by atoms with Crippen LogP contribution in [0, 0.1) is 41.5 Å². The quantitative estimate of drug-likeness (QED) is 0.0236. The summed E-state index contributed by atoms with van der Waals surface area (Å²) in [5.41, 5.74) is 6.59. The molecule has 7 aromatic rings. The molecule has 5 N–H and O–H groups in total. The zero-order valence-corrected chi connectivity index (χ0v) is 57.7. The van der Waals surface area contributed by atoms with E-state index in [1.165, 1.54) is 24.0 Å². The first-order chi connectivity index (χ1) is 45.9. The van der Waals surface area contributed by atoms with E-state index in [1.807, 2.05) is 88.4 Å². The number of aromatic hydroxyl groups is 1. The average Bonchev–Trinajstić information content (AvgIpc) is 1.69. The third kappa shape index (κ3) is 23.6. The summed E-state index contributed by atoms with van der Waals surface area (Å²) in [5.74, 6) is -1.21. The molecule has 0 bridgehead atoms. The summed E-state index contributed by atoms with van der Waals surface area (Å²) in [7, 11) is 2.54. The number of hydrogen-bond acceptors (Lipinski definition) is 18. The van der Waals surface area contributed by atoms with Gasteiger partial charge in [0.1, 0.15) is 40.8 Å². The van der Waals surface area contributed by atoms with Crippen molar-refractivity contribution >= 4 is 59.4 Å². The number of aromatic nitrogens is 6. The highest BCUT2D eigenvalue weighted by molar-refractivity contribution is 5.89. The molecule has 6 amide bonds. The Balaban J connectivity index is 0.000000310. The number of rotatable bonds is 27. The molecule has 0 unspecified atom stereocenters. The first kappa shape index (κ1) is 75.4. The maximum atomic E-state index is 13.1. The topological polar surface area (TPSA) is 319 Å². The smallest absolute Gasteiger partial charge is 0.416 e. The lowest BCUT2D eigenvalue weighted by molar-refractivity contribution is -0.142. The number of nitrogens with zero attached hydrogens (tertiary/aromatic N) is 8. The Bertz CT molecular complexity index is 3870. The molecular formula is C71H90N12O14. The molecule has 3 aromatic carbocycles. The van der Waals surface area contributed by atoms with Crippen molar-refractivity contribution in [2.24, 2.45) is 0 Å². The van der Waals surface area contributed by atoms with Crippen molar-refractivity contribution in [2.75, 3.05) is 50.2 Å². The van der Waals surface area contributed by atoms with Crippen LogP contribution in [0.5, 0.6) is 11.5 Å². The lowest BCUT2D eigenvalue weighted by Gasteiger charge is -2.27. The predicted octanol–water partition coefficient (Wildman–Crippen LogP) is 9.79. The summed E-state index contributed by atoms with van der Waals surface area (Å²) >= 11 is 0. The van der Waals surface area contributed by atoms with E-state index in [2.05, 4.69) is 36.3 Å². The monoisotopic (exact) mass is 1330 g/mol. The summed E-state index contributed by atoms with van der Waals surface area (Å²) in [4.78, 5) is 113. The number of amides is 6. The van der Waals surface area contributed by atoms with Gasteiger partial charge in [0.05, 0.1) is 75.0 Å². The summed E-state index contributed by atoms with van der Waals surface area (Å²) in [6, 6.07) is 29.9. The van der Waals surface area contributed by atoms with Crippen molar-refractivity contribution in [2.45, 2.75) is 152 Å². The van der Waals surface area contributed by atoms with Crippen LogP contribution in [-0.4, -0.2) is 134 Å². The maximum absolute atomic E-state index is 13.1. The minimum absolute atomic E-state index is 0.0432. The predicted molar refractivity (Wildman–Crippen MR) is 363 cm³/mol. The minimum Gasteiger partial charge on any atom is -0.504 e. The second-order valence-electron chi connectivity index (χ2n) is 25.0. The Morgan fingerprint density at radius 3 is 1.37 bits per heavy atom. The van der Waals surface area contributed by atoms with E-state index in [-0.39, 0.29) is 69.4 Å². The SMILES string of the molecule is COC(=O)C[C@H](NC(=O)CNC(=O)CCCN(C(=O)OC(C)(C)C)c1cc(C)ccn1)c1cccc(-n2nc(C)c(O)c2C)c1.COC(=O)C[C@H](NC(=O)CNC(=O)CCCN(C(=O)OC(C)(C)C)c1cc(C)ccn1)c1cccc(-n2nc(C)c(OCc3ccccc3)c2C)c1. The molecule has 26 heteroatoms.